The van der Waals surface area contributed by atoms with E-state index in [4.69, 9.17) is 9.47 Å². The van der Waals surface area contributed by atoms with Crippen molar-refractivity contribution in [2.45, 2.75) is 52.9 Å². The third-order valence-corrected chi connectivity index (χ3v) is 4.60. The Hall–Kier alpha value is -2.56. The SMILES string of the molecule is CCOC(=O)COc1ccc(Cc2ccc(O)c(C(C)C)c2F)c(C(C)C)c1. The molecule has 28 heavy (non-hydrogen) atoms. The molecule has 0 amide bonds. The van der Waals surface area contributed by atoms with Crippen LogP contribution in [0.25, 0.3) is 0 Å². The van der Waals surface area contributed by atoms with Gasteiger partial charge in [-0.05, 0) is 53.6 Å². The van der Waals surface area contributed by atoms with Gasteiger partial charge in [0.15, 0.2) is 6.61 Å². The van der Waals surface area contributed by atoms with Crippen molar-refractivity contribution in [1.82, 2.24) is 0 Å². The van der Waals surface area contributed by atoms with E-state index in [0.717, 1.165) is 11.1 Å². The summed E-state index contributed by atoms with van der Waals surface area (Å²) >= 11 is 0. The van der Waals surface area contributed by atoms with E-state index in [0.29, 0.717) is 29.9 Å². The first-order valence-electron chi connectivity index (χ1n) is 9.66. The largest absolute Gasteiger partial charge is 0.508 e. The summed E-state index contributed by atoms with van der Waals surface area (Å²) in [6.45, 7) is 9.75. The molecule has 0 fully saturated rings. The molecule has 0 aliphatic heterocycles. The highest BCUT2D eigenvalue weighted by atomic mass is 19.1. The average molecular weight is 388 g/mol. The van der Waals surface area contributed by atoms with Gasteiger partial charge < -0.3 is 14.6 Å². The Kier molecular flexibility index (Phi) is 7.44. The third kappa shape index (κ3) is 5.24. The van der Waals surface area contributed by atoms with Gasteiger partial charge in [0, 0.05) is 12.0 Å². The van der Waals surface area contributed by atoms with Crippen LogP contribution in [-0.4, -0.2) is 24.3 Å². The van der Waals surface area contributed by atoms with Gasteiger partial charge in [0.05, 0.1) is 6.61 Å². The molecule has 4 nitrogen and oxygen atoms in total. The van der Waals surface area contributed by atoms with E-state index in [1.54, 1.807) is 25.1 Å². The molecule has 0 aromatic heterocycles. The lowest BCUT2D eigenvalue weighted by Crippen LogP contribution is -2.14. The quantitative estimate of drug-likeness (QED) is 0.623. The summed E-state index contributed by atoms with van der Waals surface area (Å²) in [7, 11) is 0. The highest BCUT2D eigenvalue weighted by Crippen LogP contribution is 2.33. The van der Waals surface area contributed by atoms with Crippen LogP contribution < -0.4 is 4.74 Å². The van der Waals surface area contributed by atoms with Gasteiger partial charge in [-0.25, -0.2) is 9.18 Å². The van der Waals surface area contributed by atoms with Gasteiger partial charge in [0.1, 0.15) is 17.3 Å². The van der Waals surface area contributed by atoms with Crippen molar-refractivity contribution in [3.05, 3.63) is 58.4 Å². The van der Waals surface area contributed by atoms with Crippen molar-refractivity contribution in [3.63, 3.8) is 0 Å². The van der Waals surface area contributed by atoms with Crippen molar-refractivity contribution < 1.29 is 23.8 Å². The van der Waals surface area contributed by atoms with Crippen molar-refractivity contribution >= 4 is 5.97 Å². The first kappa shape index (κ1) is 21.7. The third-order valence-electron chi connectivity index (χ3n) is 4.60. The summed E-state index contributed by atoms with van der Waals surface area (Å²) in [5, 5.41) is 9.98. The summed E-state index contributed by atoms with van der Waals surface area (Å²) in [5.74, 6) is -0.107. The van der Waals surface area contributed by atoms with Gasteiger partial charge >= 0.3 is 5.97 Å². The number of rotatable bonds is 8. The Morgan fingerprint density at radius 1 is 1.07 bits per heavy atom. The van der Waals surface area contributed by atoms with E-state index < -0.39 is 5.97 Å². The fourth-order valence-corrected chi connectivity index (χ4v) is 3.22. The predicted octanol–water partition coefficient (Wildman–Crippen LogP) is 5.31. The van der Waals surface area contributed by atoms with Crippen molar-refractivity contribution in [1.29, 1.82) is 0 Å². The number of hydrogen-bond acceptors (Lipinski definition) is 4. The molecule has 0 spiro atoms. The van der Waals surface area contributed by atoms with E-state index in [2.05, 4.69) is 13.8 Å². The minimum atomic E-state index is -0.412. The zero-order valence-electron chi connectivity index (χ0n) is 17.2. The normalized spacial score (nSPS) is 11.1. The molecule has 2 aromatic carbocycles. The number of aromatic hydroxyl groups is 1. The van der Waals surface area contributed by atoms with Crippen LogP contribution in [-0.2, 0) is 16.0 Å². The molecule has 5 heteroatoms. The van der Waals surface area contributed by atoms with Crippen LogP contribution in [0.3, 0.4) is 0 Å². The smallest absolute Gasteiger partial charge is 0.344 e. The Labute approximate surface area is 166 Å². The number of hydrogen-bond donors (Lipinski definition) is 1. The molecule has 2 aromatic rings. The topological polar surface area (TPSA) is 55.8 Å². The summed E-state index contributed by atoms with van der Waals surface area (Å²) in [4.78, 5) is 11.5. The first-order chi connectivity index (χ1) is 13.2. The van der Waals surface area contributed by atoms with E-state index in [1.165, 1.54) is 0 Å². The molecule has 0 bridgehead atoms. The maximum absolute atomic E-state index is 14.9. The first-order valence-corrected chi connectivity index (χ1v) is 9.66. The number of ether oxygens (including phenoxy) is 2. The monoisotopic (exact) mass is 388 g/mol. The highest BCUT2D eigenvalue weighted by Gasteiger charge is 2.18. The van der Waals surface area contributed by atoms with Gasteiger partial charge in [-0.15, -0.1) is 0 Å². The molecule has 152 valence electrons. The van der Waals surface area contributed by atoms with Gasteiger partial charge in [-0.2, -0.15) is 0 Å². The number of esters is 1. The van der Waals surface area contributed by atoms with Crippen LogP contribution in [0.2, 0.25) is 0 Å². The summed E-state index contributed by atoms with van der Waals surface area (Å²) in [6.07, 6.45) is 0.414. The molecule has 0 radical (unpaired) electrons. The van der Waals surface area contributed by atoms with Crippen LogP contribution in [0.15, 0.2) is 30.3 Å². The standard InChI is InChI=1S/C23H29FO4/c1-6-27-21(26)13-28-18-9-7-16(19(12-18)14(2)3)11-17-8-10-20(25)22(15(4)5)23(17)24/h7-10,12,14-15,25H,6,11,13H2,1-5H3. The Morgan fingerprint density at radius 2 is 1.75 bits per heavy atom. The molecule has 0 unspecified atom stereocenters. The van der Waals surface area contributed by atoms with Crippen LogP contribution in [0.1, 0.15) is 68.7 Å². The number of carbonyl (C=O) groups is 1. The van der Waals surface area contributed by atoms with Crippen LogP contribution in [0.4, 0.5) is 4.39 Å². The molecule has 0 atom stereocenters. The average Bonchev–Trinajstić information content (AvgIpc) is 2.63. The highest BCUT2D eigenvalue weighted by molar-refractivity contribution is 5.71. The minimum Gasteiger partial charge on any atom is -0.508 e. The molecule has 0 aliphatic rings. The summed E-state index contributed by atoms with van der Waals surface area (Å²) < 4.78 is 25.3. The van der Waals surface area contributed by atoms with E-state index in [-0.39, 0.29) is 30.0 Å². The fourth-order valence-electron chi connectivity index (χ4n) is 3.22. The predicted molar refractivity (Wildman–Crippen MR) is 108 cm³/mol. The molecule has 0 saturated carbocycles. The molecular weight excluding hydrogens is 359 g/mol. The van der Waals surface area contributed by atoms with Gasteiger partial charge in [-0.1, -0.05) is 39.8 Å². The van der Waals surface area contributed by atoms with Crippen molar-refractivity contribution in [2.24, 2.45) is 0 Å². The van der Waals surface area contributed by atoms with Gasteiger partial charge in [0.25, 0.3) is 0 Å². The summed E-state index contributed by atoms with van der Waals surface area (Å²) in [6, 6.07) is 8.76. The number of phenolic OH excluding ortho intramolecular Hbond substituents is 1. The van der Waals surface area contributed by atoms with E-state index >= 15 is 0 Å². The number of halogens is 1. The van der Waals surface area contributed by atoms with Crippen LogP contribution >= 0.6 is 0 Å². The van der Waals surface area contributed by atoms with Crippen molar-refractivity contribution in [2.75, 3.05) is 13.2 Å². The summed E-state index contributed by atoms with van der Waals surface area (Å²) in [5.41, 5.74) is 2.90. The lowest BCUT2D eigenvalue weighted by molar-refractivity contribution is -0.145. The van der Waals surface area contributed by atoms with E-state index in [9.17, 15) is 14.3 Å². The second-order valence-corrected chi connectivity index (χ2v) is 7.41. The molecule has 0 saturated heterocycles. The molecular formula is C23H29FO4. The van der Waals surface area contributed by atoms with E-state index in [1.807, 2.05) is 26.0 Å². The molecule has 1 N–H and O–H groups in total. The maximum atomic E-state index is 14.9. The molecule has 0 heterocycles. The number of benzene rings is 2. The number of phenols is 1. The van der Waals surface area contributed by atoms with Gasteiger partial charge in [0.2, 0.25) is 0 Å². The van der Waals surface area contributed by atoms with Crippen LogP contribution in [0, 0.1) is 5.82 Å². The fraction of sp³-hybridized carbons (Fsp3) is 0.435. The Balaban J connectivity index is 2.29. The van der Waals surface area contributed by atoms with Crippen molar-refractivity contribution in [3.8, 4) is 11.5 Å². The zero-order valence-corrected chi connectivity index (χ0v) is 17.2. The second kappa shape index (κ2) is 9.58. The Morgan fingerprint density at radius 3 is 2.36 bits per heavy atom. The zero-order chi connectivity index (χ0) is 20.8. The second-order valence-electron chi connectivity index (χ2n) is 7.41. The van der Waals surface area contributed by atoms with Crippen LogP contribution in [0.5, 0.6) is 11.5 Å². The lowest BCUT2D eigenvalue weighted by atomic mass is 9.90. The molecule has 0 aliphatic carbocycles. The lowest BCUT2D eigenvalue weighted by Gasteiger charge is -2.17. The maximum Gasteiger partial charge on any atom is 0.344 e. The number of carbonyl (C=O) groups excluding carboxylic acids is 1. The molecule has 2 rings (SSSR count). The minimum absolute atomic E-state index is 0.0111. The van der Waals surface area contributed by atoms with Gasteiger partial charge in [-0.3, -0.25) is 0 Å². The Bertz CT molecular complexity index is 828.